The van der Waals surface area contributed by atoms with Gasteiger partial charge in [-0.1, -0.05) is 49.6 Å². The standard InChI is InChI=1S/C17H20F3NO/c1-21(14-10-6-3-7-11-14)16(22)12-15(17(18,19)20)13-8-4-2-5-9-13/h2,4-5,8-9,12,14H,3,6-7,10-11H2,1H3/b15-12-. The molecule has 0 aliphatic heterocycles. The fourth-order valence-corrected chi connectivity index (χ4v) is 2.82. The summed E-state index contributed by atoms with van der Waals surface area (Å²) in [6.07, 6.45) is 1.08. The number of benzene rings is 1. The van der Waals surface area contributed by atoms with Gasteiger partial charge in [-0.05, 0) is 18.4 Å². The van der Waals surface area contributed by atoms with Crippen LogP contribution in [-0.4, -0.2) is 30.1 Å². The first kappa shape index (κ1) is 16.6. The molecule has 0 atom stereocenters. The highest BCUT2D eigenvalue weighted by Crippen LogP contribution is 2.34. The minimum Gasteiger partial charge on any atom is -0.339 e. The number of amides is 1. The third kappa shape index (κ3) is 4.12. The van der Waals surface area contributed by atoms with Crippen molar-refractivity contribution in [3.8, 4) is 0 Å². The number of rotatable bonds is 3. The Balaban J connectivity index is 2.23. The van der Waals surface area contributed by atoms with Crippen molar-refractivity contribution in [1.29, 1.82) is 0 Å². The first-order chi connectivity index (χ1) is 10.4. The van der Waals surface area contributed by atoms with Crippen molar-refractivity contribution >= 4 is 11.5 Å². The molecule has 0 unspecified atom stereocenters. The van der Waals surface area contributed by atoms with E-state index in [0.717, 1.165) is 38.2 Å². The van der Waals surface area contributed by atoms with Crippen molar-refractivity contribution in [3.05, 3.63) is 42.0 Å². The fraction of sp³-hybridized carbons (Fsp3) is 0.471. The number of alkyl halides is 3. The van der Waals surface area contributed by atoms with E-state index in [1.165, 1.54) is 29.2 Å². The highest BCUT2D eigenvalue weighted by Gasteiger charge is 2.36. The van der Waals surface area contributed by atoms with Crippen LogP contribution in [0.2, 0.25) is 0 Å². The van der Waals surface area contributed by atoms with Gasteiger partial charge in [-0.25, -0.2) is 0 Å². The Labute approximate surface area is 128 Å². The van der Waals surface area contributed by atoms with Gasteiger partial charge in [0.05, 0.1) is 5.57 Å². The lowest BCUT2D eigenvalue weighted by Crippen LogP contribution is -2.37. The van der Waals surface area contributed by atoms with Gasteiger partial charge in [0.15, 0.2) is 0 Å². The Morgan fingerprint density at radius 1 is 1.14 bits per heavy atom. The Bertz CT molecular complexity index is 531. The second-order valence-electron chi connectivity index (χ2n) is 5.66. The molecule has 120 valence electrons. The smallest absolute Gasteiger partial charge is 0.339 e. The minimum absolute atomic E-state index is 0.0143. The minimum atomic E-state index is -4.55. The molecule has 1 aliphatic rings. The number of carbonyl (C=O) groups excluding carboxylic acids is 1. The van der Waals surface area contributed by atoms with Crippen molar-refractivity contribution in [2.24, 2.45) is 0 Å². The predicted octanol–water partition coefficient (Wildman–Crippen LogP) is 4.42. The lowest BCUT2D eigenvalue weighted by Gasteiger charge is -2.30. The summed E-state index contributed by atoms with van der Waals surface area (Å²) in [5, 5.41) is 0. The van der Waals surface area contributed by atoms with Crippen molar-refractivity contribution in [1.82, 2.24) is 4.90 Å². The zero-order chi connectivity index (χ0) is 16.2. The van der Waals surface area contributed by atoms with Crippen molar-refractivity contribution in [3.63, 3.8) is 0 Å². The van der Waals surface area contributed by atoms with Crippen LogP contribution in [0.1, 0.15) is 37.7 Å². The first-order valence-corrected chi connectivity index (χ1v) is 7.50. The summed E-state index contributed by atoms with van der Waals surface area (Å²) in [6.45, 7) is 0. The molecule has 1 fully saturated rings. The van der Waals surface area contributed by atoms with Crippen LogP contribution in [0.5, 0.6) is 0 Å². The second-order valence-corrected chi connectivity index (χ2v) is 5.66. The van der Waals surface area contributed by atoms with Crippen LogP contribution < -0.4 is 0 Å². The van der Waals surface area contributed by atoms with E-state index in [2.05, 4.69) is 0 Å². The average Bonchev–Trinajstić information content (AvgIpc) is 2.52. The summed E-state index contributed by atoms with van der Waals surface area (Å²) in [5.41, 5.74) is -0.874. The van der Waals surface area contributed by atoms with Gasteiger partial charge in [-0.3, -0.25) is 4.79 Å². The molecule has 1 aromatic rings. The van der Waals surface area contributed by atoms with Gasteiger partial charge in [0.2, 0.25) is 5.91 Å². The molecule has 0 N–H and O–H groups in total. The molecule has 1 amide bonds. The lowest BCUT2D eigenvalue weighted by atomic mass is 9.94. The Morgan fingerprint density at radius 3 is 2.27 bits per heavy atom. The Kier molecular flexibility index (Phi) is 5.27. The third-order valence-corrected chi connectivity index (χ3v) is 4.13. The van der Waals surface area contributed by atoms with Crippen LogP contribution in [0.3, 0.4) is 0 Å². The number of hydrogen-bond acceptors (Lipinski definition) is 1. The van der Waals surface area contributed by atoms with Crippen LogP contribution in [0.25, 0.3) is 5.57 Å². The number of nitrogens with zero attached hydrogens (tertiary/aromatic N) is 1. The quantitative estimate of drug-likeness (QED) is 0.757. The van der Waals surface area contributed by atoms with Crippen LogP contribution >= 0.6 is 0 Å². The summed E-state index contributed by atoms with van der Waals surface area (Å²) < 4.78 is 39.7. The maximum Gasteiger partial charge on any atom is 0.417 e. The number of likely N-dealkylation sites (N-methyl/N-ethyl adjacent to an activating group) is 1. The molecule has 0 saturated heterocycles. The van der Waals surface area contributed by atoms with Crippen LogP contribution in [0, 0.1) is 0 Å². The van der Waals surface area contributed by atoms with Gasteiger partial charge in [0.1, 0.15) is 0 Å². The monoisotopic (exact) mass is 311 g/mol. The molecule has 1 aromatic carbocycles. The third-order valence-electron chi connectivity index (χ3n) is 4.13. The van der Waals surface area contributed by atoms with Crippen LogP contribution in [0.4, 0.5) is 13.2 Å². The second kappa shape index (κ2) is 6.99. The van der Waals surface area contributed by atoms with E-state index in [-0.39, 0.29) is 11.6 Å². The van der Waals surface area contributed by atoms with Gasteiger partial charge in [-0.15, -0.1) is 0 Å². The molecule has 5 heteroatoms. The molecule has 1 saturated carbocycles. The summed E-state index contributed by atoms with van der Waals surface area (Å²) >= 11 is 0. The van der Waals surface area contributed by atoms with Gasteiger partial charge in [0, 0.05) is 19.2 Å². The highest BCUT2D eigenvalue weighted by molar-refractivity contribution is 5.96. The van der Waals surface area contributed by atoms with Crippen molar-refractivity contribution < 1.29 is 18.0 Å². The van der Waals surface area contributed by atoms with Crippen LogP contribution in [0.15, 0.2) is 36.4 Å². The van der Waals surface area contributed by atoms with E-state index in [4.69, 9.17) is 0 Å². The predicted molar refractivity (Wildman–Crippen MR) is 80.1 cm³/mol. The van der Waals surface area contributed by atoms with Gasteiger partial charge < -0.3 is 4.90 Å². The summed E-state index contributed by atoms with van der Waals surface area (Å²) in [5.74, 6) is -0.580. The Hall–Kier alpha value is -1.78. The SMILES string of the molecule is CN(C(=O)/C=C(/c1ccccc1)C(F)(F)F)C1CCCCC1. The maximum absolute atomic E-state index is 13.2. The van der Waals surface area contributed by atoms with Crippen molar-refractivity contribution in [2.45, 2.75) is 44.3 Å². The highest BCUT2D eigenvalue weighted by atomic mass is 19.4. The molecule has 0 bridgehead atoms. The van der Waals surface area contributed by atoms with E-state index >= 15 is 0 Å². The van der Waals surface area contributed by atoms with Crippen LogP contribution in [-0.2, 0) is 4.79 Å². The van der Waals surface area contributed by atoms with Crippen molar-refractivity contribution in [2.75, 3.05) is 7.05 Å². The molecule has 2 nitrogen and oxygen atoms in total. The zero-order valence-corrected chi connectivity index (χ0v) is 12.6. The zero-order valence-electron chi connectivity index (χ0n) is 12.6. The van der Waals surface area contributed by atoms with Gasteiger partial charge in [0.25, 0.3) is 0 Å². The van der Waals surface area contributed by atoms with E-state index in [1.807, 2.05) is 0 Å². The molecule has 2 rings (SSSR count). The number of hydrogen-bond donors (Lipinski definition) is 0. The molecule has 0 heterocycles. The number of allylic oxidation sites excluding steroid dienone is 1. The number of halogens is 3. The first-order valence-electron chi connectivity index (χ1n) is 7.50. The molecular weight excluding hydrogens is 291 g/mol. The Morgan fingerprint density at radius 2 is 1.73 bits per heavy atom. The molecule has 0 aromatic heterocycles. The maximum atomic E-state index is 13.2. The topological polar surface area (TPSA) is 20.3 Å². The van der Waals surface area contributed by atoms with Gasteiger partial charge in [-0.2, -0.15) is 13.2 Å². The van der Waals surface area contributed by atoms with E-state index in [9.17, 15) is 18.0 Å². The summed E-state index contributed by atoms with van der Waals surface area (Å²) in [6, 6.07) is 7.49. The molecular formula is C17H20F3NO. The average molecular weight is 311 g/mol. The molecule has 0 spiro atoms. The largest absolute Gasteiger partial charge is 0.417 e. The fourth-order valence-electron chi connectivity index (χ4n) is 2.82. The lowest BCUT2D eigenvalue weighted by molar-refractivity contribution is -0.127. The number of carbonyl (C=O) groups is 1. The van der Waals surface area contributed by atoms with E-state index in [1.54, 1.807) is 13.1 Å². The van der Waals surface area contributed by atoms with Gasteiger partial charge >= 0.3 is 6.18 Å². The summed E-state index contributed by atoms with van der Waals surface area (Å²) in [4.78, 5) is 13.7. The van der Waals surface area contributed by atoms with E-state index in [0.29, 0.717) is 0 Å². The van der Waals surface area contributed by atoms with E-state index < -0.39 is 17.7 Å². The molecule has 0 radical (unpaired) electrons. The normalized spacial score (nSPS) is 17.4. The molecule has 22 heavy (non-hydrogen) atoms. The molecule has 1 aliphatic carbocycles. The summed E-state index contributed by atoms with van der Waals surface area (Å²) in [7, 11) is 1.59.